The van der Waals surface area contributed by atoms with Crippen LogP contribution in [0.3, 0.4) is 0 Å². The molecular weight excluding hydrogens is 318 g/mol. The van der Waals surface area contributed by atoms with Crippen LogP contribution >= 0.6 is 15.9 Å². The zero-order valence-electron chi connectivity index (χ0n) is 9.02. The first kappa shape index (κ1) is 14.4. The standard InChI is InChI=1S/C9H7BrF2N2O4/c1-18-6(15)3-4-2-5(10)13-9(14(16)17)7(4)8(11)12/h2,8H,3H2,1H3. The highest BCUT2D eigenvalue weighted by atomic mass is 79.9. The smallest absolute Gasteiger partial charge is 0.373 e. The molecule has 1 aromatic heterocycles. The number of hydrogen-bond donors (Lipinski definition) is 0. The number of pyridine rings is 1. The van der Waals surface area contributed by atoms with Crippen LogP contribution in [0.4, 0.5) is 14.6 Å². The van der Waals surface area contributed by atoms with Gasteiger partial charge in [0.1, 0.15) is 5.56 Å². The van der Waals surface area contributed by atoms with Crippen LogP contribution in [-0.2, 0) is 16.0 Å². The molecule has 0 fully saturated rings. The molecule has 0 atom stereocenters. The van der Waals surface area contributed by atoms with E-state index in [1.54, 1.807) is 0 Å². The topological polar surface area (TPSA) is 82.3 Å². The molecule has 98 valence electrons. The van der Waals surface area contributed by atoms with E-state index in [2.05, 4.69) is 25.7 Å². The number of alkyl halides is 2. The Bertz CT molecular complexity index is 496. The number of rotatable bonds is 4. The summed E-state index contributed by atoms with van der Waals surface area (Å²) in [6.45, 7) is 0. The SMILES string of the molecule is COC(=O)Cc1cc(Br)nc([N+](=O)[O-])c1C(F)F. The Hall–Kier alpha value is -1.64. The highest BCUT2D eigenvalue weighted by Crippen LogP contribution is 2.32. The third kappa shape index (κ3) is 3.19. The summed E-state index contributed by atoms with van der Waals surface area (Å²) in [5.41, 5.74) is -1.06. The molecule has 0 spiro atoms. The quantitative estimate of drug-likeness (QED) is 0.367. The number of halogens is 3. The number of nitro groups is 1. The molecule has 1 rings (SSSR count). The van der Waals surface area contributed by atoms with Gasteiger partial charge in [-0.1, -0.05) is 0 Å². The first-order valence-corrected chi connectivity index (χ1v) is 5.34. The van der Waals surface area contributed by atoms with Gasteiger partial charge in [0.15, 0.2) is 0 Å². The highest BCUT2D eigenvalue weighted by molar-refractivity contribution is 9.10. The van der Waals surface area contributed by atoms with Crippen molar-refractivity contribution in [2.45, 2.75) is 12.8 Å². The molecule has 0 N–H and O–H groups in total. The van der Waals surface area contributed by atoms with Crippen molar-refractivity contribution < 1.29 is 23.2 Å². The van der Waals surface area contributed by atoms with Gasteiger partial charge in [-0.2, -0.15) is 0 Å². The maximum atomic E-state index is 12.8. The van der Waals surface area contributed by atoms with Gasteiger partial charge < -0.3 is 14.9 Å². The van der Waals surface area contributed by atoms with Gasteiger partial charge in [0, 0.05) is 22.0 Å². The fourth-order valence-electron chi connectivity index (χ4n) is 1.31. The summed E-state index contributed by atoms with van der Waals surface area (Å²) < 4.78 is 30.0. The molecular formula is C9H7BrF2N2O4. The van der Waals surface area contributed by atoms with Gasteiger partial charge >= 0.3 is 11.8 Å². The molecule has 9 heteroatoms. The predicted octanol–water partition coefficient (Wildman–Crippen LogP) is 2.41. The largest absolute Gasteiger partial charge is 0.469 e. The van der Waals surface area contributed by atoms with E-state index in [1.165, 1.54) is 0 Å². The zero-order chi connectivity index (χ0) is 13.9. The Morgan fingerprint density at radius 1 is 1.67 bits per heavy atom. The van der Waals surface area contributed by atoms with Crippen molar-refractivity contribution in [2.24, 2.45) is 0 Å². The number of carbonyl (C=O) groups excluding carboxylic acids is 1. The number of methoxy groups -OCH3 is 1. The summed E-state index contributed by atoms with van der Waals surface area (Å²) in [6, 6.07) is 1.13. The molecule has 0 unspecified atom stereocenters. The average Bonchev–Trinajstić information content (AvgIpc) is 2.27. The fraction of sp³-hybridized carbons (Fsp3) is 0.333. The van der Waals surface area contributed by atoms with Crippen LogP contribution in [0.1, 0.15) is 17.6 Å². The summed E-state index contributed by atoms with van der Waals surface area (Å²) >= 11 is 2.86. The maximum Gasteiger partial charge on any atom is 0.373 e. The van der Waals surface area contributed by atoms with Crippen LogP contribution in [0.5, 0.6) is 0 Å². The van der Waals surface area contributed by atoms with E-state index >= 15 is 0 Å². The number of carbonyl (C=O) groups is 1. The summed E-state index contributed by atoms with van der Waals surface area (Å²) in [5, 5.41) is 10.7. The number of ether oxygens (including phenoxy) is 1. The molecule has 0 saturated heterocycles. The molecule has 0 radical (unpaired) electrons. The van der Waals surface area contributed by atoms with Crippen LogP contribution in [0.2, 0.25) is 0 Å². The van der Waals surface area contributed by atoms with Gasteiger partial charge in [-0.3, -0.25) is 4.79 Å². The van der Waals surface area contributed by atoms with Gasteiger partial charge in [-0.15, -0.1) is 0 Å². The van der Waals surface area contributed by atoms with Crippen molar-refractivity contribution in [3.05, 3.63) is 31.9 Å². The lowest BCUT2D eigenvalue weighted by molar-refractivity contribution is -0.391. The molecule has 0 bridgehead atoms. The number of hydrogen-bond acceptors (Lipinski definition) is 5. The average molecular weight is 325 g/mol. The van der Waals surface area contributed by atoms with Crippen LogP contribution < -0.4 is 0 Å². The van der Waals surface area contributed by atoms with E-state index in [4.69, 9.17) is 0 Å². The van der Waals surface area contributed by atoms with Gasteiger partial charge in [0.05, 0.1) is 13.5 Å². The summed E-state index contributed by atoms with van der Waals surface area (Å²) in [6.07, 6.45) is -3.59. The van der Waals surface area contributed by atoms with Crippen LogP contribution in [0.25, 0.3) is 0 Å². The molecule has 18 heavy (non-hydrogen) atoms. The monoisotopic (exact) mass is 324 g/mol. The van der Waals surface area contributed by atoms with E-state index in [1.807, 2.05) is 0 Å². The van der Waals surface area contributed by atoms with Crippen molar-refractivity contribution >= 4 is 27.7 Å². The fourth-order valence-corrected chi connectivity index (χ4v) is 1.75. The first-order chi connectivity index (χ1) is 8.36. The first-order valence-electron chi connectivity index (χ1n) is 4.55. The van der Waals surface area contributed by atoms with E-state index in [-0.39, 0.29) is 10.2 Å². The Balaban J connectivity index is 3.38. The lowest BCUT2D eigenvalue weighted by atomic mass is 10.1. The molecule has 0 aliphatic heterocycles. The Kier molecular flexibility index (Phi) is 4.65. The molecule has 1 aromatic rings. The van der Waals surface area contributed by atoms with Crippen LogP contribution in [-0.4, -0.2) is 23.0 Å². The second-order valence-corrected chi connectivity index (χ2v) is 3.96. The normalized spacial score (nSPS) is 10.5. The van der Waals surface area contributed by atoms with Gasteiger partial charge in [-0.25, -0.2) is 8.78 Å². The predicted molar refractivity (Wildman–Crippen MR) is 59.3 cm³/mol. The van der Waals surface area contributed by atoms with E-state index < -0.39 is 35.1 Å². The lowest BCUT2D eigenvalue weighted by Gasteiger charge is -2.08. The minimum atomic E-state index is -3.11. The minimum Gasteiger partial charge on any atom is -0.469 e. The summed E-state index contributed by atoms with van der Waals surface area (Å²) in [5.74, 6) is -1.75. The van der Waals surface area contributed by atoms with Crippen molar-refractivity contribution in [1.29, 1.82) is 0 Å². The second kappa shape index (κ2) is 5.80. The van der Waals surface area contributed by atoms with Crippen molar-refractivity contribution in [3.8, 4) is 0 Å². The number of aromatic nitrogens is 1. The highest BCUT2D eigenvalue weighted by Gasteiger charge is 2.29. The van der Waals surface area contributed by atoms with E-state index in [0.717, 1.165) is 13.2 Å². The maximum absolute atomic E-state index is 12.8. The third-order valence-corrected chi connectivity index (χ3v) is 2.45. The summed E-state index contributed by atoms with van der Waals surface area (Å²) in [7, 11) is 1.09. The van der Waals surface area contributed by atoms with Gasteiger partial charge in [-0.05, 0) is 15.5 Å². The zero-order valence-corrected chi connectivity index (χ0v) is 10.6. The molecule has 0 saturated carbocycles. The second-order valence-electron chi connectivity index (χ2n) is 3.15. The Labute approximate surface area is 108 Å². The molecule has 0 aromatic carbocycles. The molecule has 6 nitrogen and oxygen atoms in total. The van der Waals surface area contributed by atoms with Gasteiger partial charge in [0.25, 0.3) is 6.43 Å². The van der Waals surface area contributed by atoms with Crippen LogP contribution in [0, 0.1) is 10.1 Å². The molecule has 0 amide bonds. The van der Waals surface area contributed by atoms with E-state index in [9.17, 15) is 23.7 Å². The van der Waals surface area contributed by atoms with Crippen molar-refractivity contribution in [3.63, 3.8) is 0 Å². The molecule has 1 heterocycles. The van der Waals surface area contributed by atoms with Crippen LogP contribution in [0.15, 0.2) is 10.7 Å². The Morgan fingerprint density at radius 2 is 2.28 bits per heavy atom. The Morgan fingerprint density at radius 3 is 2.72 bits per heavy atom. The van der Waals surface area contributed by atoms with Gasteiger partial charge in [0.2, 0.25) is 4.60 Å². The summed E-state index contributed by atoms with van der Waals surface area (Å²) in [4.78, 5) is 24.1. The molecule has 0 aliphatic carbocycles. The number of nitrogens with zero attached hydrogens (tertiary/aromatic N) is 2. The number of esters is 1. The minimum absolute atomic E-state index is 0.00231. The van der Waals surface area contributed by atoms with E-state index in [0.29, 0.717) is 0 Å². The molecule has 0 aliphatic rings. The van der Waals surface area contributed by atoms with Crippen molar-refractivity contribution in [1.82, 2.24) is 4.98 Å². The van der Waals surface area contributed by atoms with Crippen molar-refractivity contribution in [2.75, 3.05) is 7.11 Å². The third-order valence-electron chi connectivity index (χ3n) is 2.05. The lowest BCUT2D eigenvalue weighted by Crippen LogP contribution is -2.10.